The molecule has 42 heavy (non-hydrogen) atoms. The van der Waals surface area contributed by atoms with E-state index in [9.17, 15) is 9.59 Å². The first-order valence-electron chi connectivity index (χ1n) is 13.3. The summed E-state index contributed by atoms with van der Waals surface area (Å²) in [5, 5.41) is 5.94. The van der Waals surface area contributed by atoms with Crippen molar-refractivity contribution >= 4 is 45.9 Å². The van der Waals surface area contributed by atoms with E-state index in [0.717, 1.165) is 21.5 Å². The summed E-state index contributed by atoms with van der Waals surface area (Å²) < 4.78 is 7.34. The molecule has 210 valence electrons. The molecule has 2 N–H and O–H groups in total. The van der Waals surface area contributed by atoms with Crippen molar-refractivity contribution in [2.75, 3.05) is 17.3 Å². The van der Waals surface area contributed by atoms with Crippen molar-refractivity contribution in [3.63, 3.8) is 0 Å². The highest BCUT2D eigenvalue weighted by Crippen LogP contribution is 2.29. The number of fused-ring (bicyclic) bond motifs is 1. The van der Waals surface area contributed by atoms with Gasteiger partial charge in [0.25, 0.3) is 5.91 Å². The molecule has 0 radical (unpaired) electrons. The molecule has 0 aliphatic rings. The Balaban J connectivity index is 1.25. The van der Waals surface area contributed by atoms with Crippen LogP contribution in [0.2, 0.25) is 0 Å². The summed E-state index contributed by atoms with van der Waals surface area (Å²) in [4.78, 5) is 42.0. The Hall–Kier alpha value is -5.29. The van der Waals surface area contributed by atoms with Gasteiger partial charge in [-0.2, -0.15) is 0 Å². The van der Waals surface area contributed by atoms with E-state index in [4.69, 9.17) is 9.40 Å². The maximum absolute atomic E-state index is 13.3. The molecule has 11 heteroatoms. The normalized spacial score (nSPS) is 11.0. The molecule has 0 fully saturated rings. The Kier molecular flexibility index (Phi) is 7.73. The third-order valence-electron chi connectivity index (χ3n) is 6.79. The second kappa shape index (κ2) is 12.1. The van der Waals surface area contributed by atoms with E-state index in [0.29, 0.717) is 47.3 Å². The standard InChI is InChI=1S/C31H27N7O3S/c1-37(31(40)34-18-21-6-3-2-4-7-21)23-9-10-25-24(16-23)35-30(38(25)15-13-22-8-5-14-32-17-22)36-29(39)28-12-11-27(42-28)26-19-33-20-41-26/h2-12,14,16-17,19-20H,13,15,18H2,1H3,(H,34,40)(H,35,36,39). The Labute approximate surface area is 245 Å². The molecule has 0 spiro atoms. The highest BCUT2D eigenvalue weighted by Gasteiger charge is 2.19. The highest BCUT2D eigenvalue weighted by atomic mass is 32.1. The number of hydrogen-bond acceptors (Lipinski definition) is 7. The second-order valence-corrected chi connectivity index (χ2v) is 10.6. The minimum Gasteiger partial charge on any atom is -0.443 e. The number of amides is 3. The molecule has 4 heterocycles. The van der Waals surface area contributed by atoms with Gasteiger partial charge in [-0.1, -0.05) is 36.4 Å². The molecule has 0 aliphatic carbocycles. The molecule has 0 saturated heterocycles. The van der Waals surface area contributed by atoms with Crippen molar-refractivity contribution in [2.45, 2.75) is 19.5 Å². The Morgan fingerprint density at radius 3 is 2.62 bits per heavy atom. The molecular weight excluding hydrogens is 550 g/mol. The molecule has 0 unspecified atom stereocenters. The molecule has 0 saturated carbocycles. The quantitative estimate of drug-likeness (QED) is 0.218. The number of rotatable bonds is 9. The average Bonchev–Trinajstić information content (AvgIpc) is 3.79. The fourth-order valence-corrected chi connectivity index (χ4v) is 5.39. The first kappa shape index (κ1) is 26.9. The molecule has 6 rings (SSSR count). The van der Waals surface area contributed by atoms with Gasteiger partial charge in [-0.05, 0) is 53.9 Å². The summed E-state index contributed by atoms with van der Waals surface area (Å²) in [7, 11) is 1.71. The van der Waals surface area contributed by atoms with Gasteiger partial charge >= 0.3 is 6.03 Å². The van der Waals surface area contributed by atoms with Gasteiger partial charge in [-0.25, -0.2) is 14.8 Å². The van der Waals surface area contributed by atoms with E-state index in [2.05, 4.69) is 20.6 Å². The van der Waals surface area contributed by atoms with Gasteiger partial charge in [0.2, 0.25) is 5.95 Å². The van der Waals surface area contributed by atoms with Crippen LogP contribution in [0.3, 0.4) is 0 Å². The summed E-state index contributed by atoms with van der Waals surface area (Å²) >= 11 is 1.31. The van der Waals surface area contributed by atoms with Crippen LogP contribution in [-0.2, 0) is 19.5 Å². The Morgan fingerprint density at radius 1 is 0.976 bits per heavy atom. The van der Waals surface area contributed by atoms with Crippen LogP contribution in [0.25, 0.3) is 21.7 Å². The number of oxazole rings is 1. The number of aromatic nitrogens is 4. The molecule has 2 aromatic carbocycles. The number of carbonyl (C=O) groups excluding carboxylic acids is 2. The maximum Gasteiger partial charge on any atom is 0.321 e. The van der Waals surface area contributed by atoms with Crippen LogP contribution in [0.1, 0.15) is 20.8 Å². The average molecular weight is 578 g/mol. The lowest BCUT2D eigenvalue weighted by Gasteiger charge is -2.18. The minimum atomic E-state index is -0.277. The smallest absolute Gasteiger partial charge is 0.321 e. The predicted octanol–water partition coefficient (Wildman–Crippen LogP) is 5.99. The van der Waals surface area contributed by atoms with Crippen LogP contribution < -0.4 is 15.5 Å². The second-order valence-electron chi connectivity index (χ2n) is 9.56. The number of imidazole rings is 1. The first-order valence-corrected chi connectivity index (χ1v) is 14.1. The number of nitrogens with one attached hydrogen (secondary N) is 2. The lowest BCUT2D eigenvalue weighted by molar-refractivity contribution is 0.102. The largest absolute Gasteiger partial charge is 0.443 e. The zero-order valence-corrected chi connectivity index (χ0v) is 23.5. The molecule has 6 aromatic rings. The molecule has 0 bridgehead atoms. The predicted molar refractivity (Wildman–Crippen MR) is 163 cm³/mol. The summed E-state index contributed by atoms with van der Waals surface area (Å²) in [6.45, 7) is 0.991. The molecular formula is C31H27N7O3S. The zero-order chi connectivity index (χ0) is 28.9. The van der Waals surface area contributed by atoms with Gasteiger partial charge in [0, 0.05) is 38.2 Å². The zero-order valence-electron chi connectivity index (χ0n) is 22.7. The molecule has 0 atom stereocenters. The van der Waals surface area contributed by atoms with Crippen molar-refractivity contribution < 1.29 is 14.0 Å². The van der Waals surface area contributed by atoms with Crippen molar-refractivity contribution in [1.29, 1.82) is 0 Å². The van der Waals surface area contributed by atoms with Crippen LogP contribution in [0.4, 0.5) is 16.4 Å². The number of urea groups is 1. The van der Waals surface area contributed by atoms with Gasteiger partial charge in [-0.3, -0.25) is 20.0 Å². The monoisotopic (exact) mass is 577 g/mol. The van der Waals surface area contributed by atoms with Gasteiger partial charge in [0.15, 0.2) is 12.2 Å². The highest BCUT2D eigenvalue weighted by molar-refractivity contribution is 7.17. The van der Waals surface area contributed by atoms with Crippen LogP contribution >= 0.6 is 11.3 Å². The Bertz CT molecular complexity index is 1820. The van der Waals surface area contributed by atoms with Crippen molar-refractivity contribution in [3.05, 3.63) is 114 Å². The number of anilines is 2. The van der Waals surface area contributed by atoms with Crippen LogP contribution in [0, 0.1) is 0 Å². The maximum atomic E-state index is 13.3. The number of thiophene rings is 1. The topological polar surface area (TPSA) is 118 Å². The number of aryl methyl sites for hydroxylation is 2. The fraction of sp³-hybridized carbons (Fsp3) is 0.129. The lowest BCUT2D eigenvalue weighted by Crippen LogP contribution is -2.36. The summed E-state index contributed by atoms with van der Waals surface area (Å²) in [5.74, 6) is 0.746. The number of nitrogens with zero attached hydrogens (tertiary/aromatic N) is 5. The number of hydrogen-bond donors (Lipinski definition) is 2. The van der Waals surface area contributed by atoms with Gasteiger partial charge < -0.3 is 14.3 Å². The van der Waals surface area contributed by atoms with E-state index < -0.39 is 0 Å². The van der Waals surface area contributed by atoms with E-state index in [1.165, 1.54) is 17.7 Å². The summed E-state index contributed by atoms with van der Waals surface area (Å²) in [6.07, 6.45) is 7.24. The summed E-state index contributed by atoms with van der Waals surface area (Å²) in [6, 6.07) is 22.7. The first-order chi connectivity index (χ1) is 20.5. The minimum absolute atomic E-state index is 0.233. The van der Waals surface area contributed by atoms with Crippen LogP contribution in [-0.4, -0.2) is 38.5 Å². The van der Waals surface area contributed by atoms with Gasteiger partial charge in [-0.15, -0.1) is 11.3 Å². The van der Waals surface area contributed by atoms with Crippen molar-refractivity contribution in [3.8, 4) is 10.6 Å². The molecule has 3 amide bonds. The van der Waals surface area contributed by atoms with E-state index in [-0.39, 0.29) is 11.9 Å². The van der Waals surface area contributed by atoms with E-state index >= 15 is 0 Å². The van der Waals surface area contributed by atoms with E-state index in [1.807, 2.05) is 77.5 Å². The van der Waals surface area contributed by atoms with E-state index in [1.54, 1.807) is 30.4 Å². The van der Waals surface area contributed by atoms with Crippen LogP contribution in [0.5, 0.6) is 0 Å². The number of pyridine rings is 1. The number of benzene rings is 2. The molecule has 4 aromatic heterocycles. The van der Waals surface area contributed by atoms with Crippen molar-refractivity contribution in [2.24, 2.45) is 0 Å². The van der Waals surface area contributed by atoms with Crippen molar-refractivity contribution in [1.82, 2.24) is 24.8 Å². The Morgan fingerprint density at radius 2 is 1.83 bits per heavy atom. The third kappa shape index (κ3) is 5.91. The van der Waals surface area contributed by atoms with Crippen LogP contribution in [0.15, 0.2) is 102 Å². The molecule has 10 nitrogen and oxygen atoms in total. The van der Waals surface area contributed by atoms with Gasteiger partial charge in [0.05, 0.1) is 27.0 Å². The fourth-order valence-electron chi connectivity index (χ4n) is 4.54. The molecule has 0 aliphatic heterocycles. The lowest BCUT2D eigenvalue weighted by atomic mass is 10.2. The third-order valence-corrected chi connectivity index (χ3v) is 7.89. The number of carbonyl (C=O) groups is 2. The summed E-state index contributed by atoms with van der Waals surface area (Å²) in [5.41, 5.74) is 4.26. The SMILES string of the molecule is CN(C(=O)NCc1ccccc1)c1ccc2c(c1)nc(NC(=O)c1ccc(-c3cnco3)s1)n2CCc1cccnc1. The van der Waals surface area contributed by atoms with Gasteiger partial charge in [0.1, 0.15) is 0 Å².